The normalized spacial score (nSPS) is 17.9. The summed E-state index contributed by atoms with van der Waals surface area (Å²) in [5.74, 6) is -2.29. The van der Waals surface area contributed by atoms with E-state index in [2.05, 4.69) is 23.7 Å². The van der Waals surface area contributed by atoms with Gasteiger partial charge in [-0.2, -0.15) is 22.0 Å². The van der Waals surface area contributed by atoms with Gasteiger partial charge in [0.1, 0.15) is 17.5 Å². The summed E-state index contributed by atoms with van der Waals surface area (Å²) in [7, 11) is 0. The number of nitrogens with zero attached hydrogens (tertiary/aromatic N) is 4. The summed E-state index contributed by atoms with van der Waals surface area (Å²) >= 11 is 0. The molecule has 1 aromatic heterocycles. The van der Waals surface area contributed by atoms with Gasteiger partial charge in [0.25, 0.3) is 0 Å². The van der Waals surface area contributed by atoms with Crippen LogP contribution in [0.1, 0.15) is 74.4 Å². The number of rotatable bonds is 8. The average Bonchev–Trinajstić information content (AvgIpc) is 3.17. The predicted octanol–water partition coefficient (Wildman–Crippen LogP) is 7.28. The molecular weight excluding hydrogens is 470 g/mol. The van der Waals surface area contributed by atoms with Crippen LogP contribution in [0.5, 0.6) is 0 Å². The summed E-state index contributed by atoms with van der Waals surface area (Å²) in [6.45, 7) is 4.90. The van der Waals surface area contributed by atoms with Crippen molar-refractivity contribution < 1.29 is 26.3 Å². The molecule has 2 aromatic rings. The van der Waals surface area contributed by atoms with Crippen molar-refractivity contribution in [2.45, 2.75) is 76.9 Å². The number of anilines is 3. The van der Waals surface area contributed by atoms with Crippen LogP contribution in [-0.2, 0) is 12.1 Å². The second-order valence-electron chi connectivity index (χ2n) is 9.42. The lowest BCUT2D eigenvalue weighted by atomic mass is 9.93. The Balaban J connectivity index is 1.83. The van der Waals surface area contributed by atoms with E-state index in [4.69, 9.17) is 4.98 Å². The number of aromatic nitrogens is 2. The predicted molar refractivity (Wildman–Crippen MR) is 123 cm³/mol. The fourth-order valence-corrected chi connectivity index (χ4v) is 5.37. The Morgan fingerprint density at radius 3 is 2.29 bits per heavy atom. The molecule has 0 amide bonds. The Morgan fingerprint density at radius 2 is 1.69 bits per heavy atom. The lowest BCUT2D eigenvalue weighted by molar-refractivity contribution is -0.137. The van der Waals surface area contributed by atoms with Gasteiger partial charge in [-0.1, -0.05) is 32.8 Å². The maximum absolute atomic E-state index is 14.0. The standard InChI is InChI=1S/C25H30F6N4/c1-4-6-18(7-5-2)35-13-16-10-11-34(22-21(16)23(35)33-15(3)32-22)20-9-8-17(24(27,28)14-26)12-19(20)25(29,30)31/h8-9,12,16,18H,4-7,10-11,13-14H2,1-3H3/t16-/m0/s1. The molecular formula is C25H30F6N4. The molecule has 10 heteroatoms. The molecule has 0 aliphatic carbocycles. The zero-order valence-corrected chi connectivity index (χ0v) is 20.1. The van der Waals surface area contributed by atoms with E-state index in [0.717, 1.165) is 55.7 Å². The third-order valence-electron chi connectivity index (χ3n) is 6.94. The lowest BCUT2D eigenvalue weighted by Crippen LogP contribution is -2.35. The molecule has 0 saturated carbocycles. The van der Waals surface area contributed by atoms with E-state index >= 15 is 0 Å². The summed E-state index contributed by atoms with van der Waals surface area (Å²) in [6.07, 6.45) is -0.314. The smallest absolute Gasteiger partial charge is 0.353 e. The van der Waals surface area contributed by atoms with E-state index in [9.17, 15) is 26.3 Å². The molecule has 0 bridgehead atoms. The molecule has 0 N–H and O–H groups in total. The van der Waals surface area contributed by atoms with Crippen molar-refractivity contribution in [2.75, 3.05) is 29.6 Å². The van der Waals surface area contributed by atoms with Gasteiger partial charge in [0, 0.05) is 36.2 Å². The highest BCUT2D eigenvalue weighted by molar-refractivity contribution is 5.75. The summed E-state index contributed by atoms with van der Waals surface area (Å²) in [6, 6.07) is 2.53. The van der Waals surface area contributed by atoms with E-state index in [1.807, 2.05) is 0 Å². The fourth-order valence-electron chi connectivity index (χ4n) is 5.37. The second-order valence-corrected chi connectivity index (χ2v) is 9.42. The Bertz CT molecular complexity index is 1060. The number of alkyl halides is 6. The minimum atomic E-state index is -4.90. The number of aryl methyl sites for hydroxylation is 1. The summed E-state index contributed by atoms with van der Waals surface area (Å²) < 4.78 is 82.7. The highest BCUT2D eigenvalue weighted by Gasteiger charge is 2.44. The number of benzene rings is 1. The van der Waals surface area contributed by atoms with Crippen molar-refractivity contribution >= 4 is 17.3 Å². The van der Waals surface area contributed by atoms with Gasteiger partial charge >= 0.3 is 12.1 Å². The number of hydrogen-bond donors (Lipinski definition) is 0. The third kappa shape index (κ3) is 4.68. The molecule has 192 valence electrons. The molecule has 0 radical (unpaired) electrons. The molecule has 0 unspecified atom stereocenters. The molecule has 2 aliphatic rings. The molecule has 0 fully saturated rings. The Morgan fingerprint density at radius 1 is 1.03 bits per heavy atom. The van der Waals surface area contributed by atoms with E-state index in [1.54, 1.807) is 6.92 Å². The average molecular weight is 501 g/mol. The van der Waals surface area contributed by atoms with Gasteiger partial charge in [-0.15, -0.1) is 0 Å². The van der Waals surface area contributed by atoms with Crippen molar-refractivity contribution in [3.63, 3.8) is 0 Å². The van der Waals surface area contributed by atoms with Crippen LogP contribution in [0, 0.1) is 6.92 Å². The van der Waals surface area contributed by atoms with Crippen LogP contribution in [0.2, 0.25) is 0 Å². The van der Waals surface area contributed by atoms with Gasteiger partial charge in [-0.25, -0.2) is 14.4 Å². The fraction of sp³-hybridized carbons (Fsp3) is 0.600. The van der Waals surface area contributed by atoms with E-state index in [1.165, 1.54) is 4.90 Å². The van der Waals surface area contributed by atoms with Crippen LogP contribution in [0.3, 0.4) is 0 Å². The van der Waals surface area contributed by atoms with Crippen LogP contribution >= 0.6 is 0 Å². The molecule has 2 aliphatic heterocycles. The minimum absolute atomic E-state index is 0.0949. The van der Waals surface area contributed by atoms with Crippen molar-refractivity contribution in [1.29, 1.82) is 0 Å². The molecule has 1 atom stereocenters. The number of halogens is 6. The zero-order chi connectivity index (χ0) is 25.5. The Kier molecular flexibility index (Phi) is 6.94. The van der Waals surface area contributed by atoms with Crippen molar-refractivity contribution in [3.8, 4) is 0 Å². The largest absolute Gasteiger partial charge is 0.418 e. The maximum atomic E-state index is 14.0. The monoisotopic (exact) mass is 500 g/mol. The van der Waals surface area contributed by atoms with Gasteiger partial charge < -0.3 is 9.80 Å². The van der Waals surface area contributed by atoms with Gasteiger partial charge in [0.15, 0.2) is 6.67 Å². The first kappa shape index (κ1) is 25.6. The van der Waals surface area contributed by atoms with Crippen molar-refractivity contribution in [3.05, 3.63) is 40.7 Å². The van der Waals surface area contributed by atoms with Crippen LogP contribution < -0.4 is 9.80 Å². The van der Waals surface area contributed by atoms with E-state index < -0.39 is 29.9 Å². The van der Waals surface area contributed by atoms with Crippen LogP contribution in [0.25, 0.3) is 0 Å². The molecule has 3 heterocycles. The Hall–Kier alpha value is -2.52. The Labute approximate surface area is 201 Å². The highest BCUT2D eigenvalue weighted by atomic mass is 19.4. The van der Waals surface area contributed by atoms with E-state index in [0.29, 0.717) is 24.1 Å². The van der Waals surface area contributed by atoms with Crippen molar-refractivity contribution in [2.24, 2.45) is 0 Å². The van der Waals surface area contributed by atoms with E-state index in [-0.39, 0.29) is 24.2 Å². The molecule has 0 saturated heterocycles. The topological polar surface area (TPSA) is 32.3 Å². The zero-order valence-electron chi connectivity index (χ0n) is 20.1. The molecule has 0 spiro atoms. The molecule has 1 aromatic carbocycles. The van der Waals surface area contributed by atoms with Crippen LogP contribution in [0.4, 0.5) is 43.7 Å². The van der Waals surface area contributed by atoms with Crippen molar-refractivity contribution in [1.82, 2.24) is 9.97 Å². The second kappa shape index (κ2) is 9.50. The van der Waals surface area contributed by atoms with Gasteiger partial charge in [-0.3, -0.25) is 0 Å². The quantitative estimate of drug-likeness (QED) is 0.357. The first-order valence-corrected chi connectivity index (χ1v) is 12.1. The minimum Gasteiger partial charge on any atom is -0.353 e. The van der Waals surface area contributed by atoms with Gasteiger partial charge in [-0.05, 0) is 38.3 Å². The summed E-state index contributed by atoms with van der Waals surface area (Å²) in [4.78, 5) is 13.0. The van der Waals surface area contributed by atoms with Gasteiger partial charge in [0.2, 0.25) is 0 Å². The van der Waals surface area contributed by atoms with Crippen LogP contribution in [-0.4, -0.2) is 35.8 Å². The number of hydrogen-bond acceptors (Lipinski definition) is 4. The molecule has 4 nitrogen and oxygen atoms in total. The molecule has 4 rings (SSSR count). The molecule has 35 heavy (non-hydrogen) atoms. The SMILES string of the molecule is CCCC(CCC)N1C[C@@H]2CCN(c3ccc(C(F)(F)CF)cc3C(F)(F)F)c3nc(C)nc1c32. The van der Waals surface area contributed by atoms with Gasteiger partial charge in [0.05, 0.1) is 11.3 Å². The third-order valence-corrected chi connectivity index (χ3v) is 6.94. The summed E-state index contributed by atoms with van der Waals surface area (Å²) in [5, 5.41) is 0. The van der Waals surface area contributed by atoms with Crippen LogP contribution in [0.15, 0.2) is 18.2 Å². The highest BCUT2D eigenvalue weighted by Crippen LogP contribution is 2.50. The first-order valence-electron chi connectivity index (χ1n) is 12.1. The first-order chi connectivity index (χ1) is 16.5. The maximum Gasteiger partial charge on any atom is 0.418 e. The lowest BCUT2D eigenvalue weighted by Gasteiger charge is -2.34. The summed E-state index contributed by atoms with van der Waals surface area (Å²) in [5.41, 5.74) is -1.66.